The number of hydrogen-bond acceptors (Lipinski definition) is 4. The first kappa shape index (κ1) is 22.8. The molecule has 1 amide bonds. The Labute approximate surface area is 195 Å². The Morgan fingerprint density at radius 3 is 2.39 bits per heavy atom. The lowest BCUT2D eigenvalue weighted by Gasteiger charge is -2.14. The van der Waals surface area contributed by atoms with Crippen molar-refractivity contribution in [1.82, 2.24) is 5.32 Å². The summed E-state index contributed by atoms with van der Waals surface area (Å²) in [6.45, 7) is 3.99. The van der Waals surface area contributed by atoms with Crippen LogP contribution in [0.1, 0.15) is 35.7 Å². The van der Waals surface area contributed by atoms with Gasteiger partial charge in [-0.3, -0.25) is 10.1 Å². The molecule has 9 heteroatoms. The topological polar surface area (TPSA) is 87.7 Å². The smallest absolute Gasteiger partial charge is 0.337 e. The van der Waals surface area contributed by atoms with Gasteiger partial charge in [-0.1, -0.05) is 26.0 Å². The molecule has 0 saturated carbocycles. The monoisotopic (exact) mass is 624 g/mol. The first-order valence-electron chi connectivity index (χ1n) is 8.23. The second-order valence-corrected chi connectivity index (χ2v) is 8.95. The van der Waals surface area contributed by atoms with Gasteiger partial charge in [0.2, 0.25) is 0 Å². The van der Waals surface area contributed by atoms with E-state index in [1.165, 1.54) is 11.6 Å². The number of benzene rings is 2. The van der Waals surface area contributed by atoms with Crippen molar-refractivity contribution in [3.8, 4) is 5.75 Å². The fraction of sp³-hybridized carbons (Fsp3) is 0.211. The van der Waals surface area contributed by atoms with E-state index >= 15 is 0 Å². The number of hydrogen-bond donors (Lipinski definition) is 3. The summed E-state index contributed by atoms with van der Waals surface area (Å²) in [5.41, 5.74) is 1.60. The van der Waals surface area contributed by atoms with Crippen LogP contribution >= 0.6 is 57.4 Å². The summed E-state index contributed by atoms with van der Waals surface area (Å²) in [5.74, 6) is -0.525. The number of carbonyl (C=O) groups excluding carboxylic acids is 1. The molecule has 0 aromatic heterocycles. The third kappa shape index (κ3) is 6.55. The molecule has 0 aliphatic rings. The van der Waals surface area contributed by atoms with Gasteiger partial charge in [-0.15, -0.1) is 0 Å². The lowest BCUT2D eigenvalue weighted by Crippen LogP contribution is -2.37. The molecular formula is C19H18I2N2O4S. The van der Waals surface area contributed by atoms with Gasteiger partial charge in [0.05, 0.1) is 11.3 Å². The number of nitrogens with one attached hydrogen (secondary N) is 2. The molecule has 28 heavy (non-hydrogen) atoms. The summed E-state index contributed by atoms with van der Waals surface area (Å²) in [6.07, 6.45) is 0. The Hall–Kier alpha value is -1.47. The lowest BCUT2D eigenvalue weighted by atomic mass is 10.0. The van der Waals surface area contributed by atoms with Crippen LogP contribution in [0.25, 0.3) is 0 Å². The summed E-state index contributed by atoms with van der Waals surface area (Å²) < 4.78 is 6.93. The van der Waals surface area contributed by atoms with E-state index in [4.69, 9.17) is 17.0 Å². The molecule has 0 atom stereocenters. The van der Waals surface area contributed by atoms with Gasteiger partial charge in [-0.25, -0.2) is 4.79 Å². The van der Waals surface area contributed by atoms with Crippen molar-refractivity contribution in [2.24, 2.45) is 0 Å². The molecule has 0 bridgehead atoms. The maximum Gasteiger partial charge on any atom is 0.337 e. The molecule has 0 fully saturated rings. The number of carboxylic acid groups (broad SMARTS) is 1. The molecule has 0 aliphatic heterocycles. The predicted molar refractivity (Wildman–Crippen MR) is 129 cm³/mol. The summed E-state index contributed by atoms with van der Waals surface area (Å²) in [4.78, 5) is 23.5. The van der Waals surface area contributed by atoms with Crippen LogP contribution in [0.4, 0.5) is 5.69 Å². The van der Waals surface area contributed by atoms with Crippen LogP contribution in [-0.2, 0) is 4.79 Å². The SMILES string of the molecule is CC(C)c1ccc(OCC(=O)NC(=S)Nc2c(I)cc(I)cc2C(=O)O)cc1. The molecule has 0 unspecified atom stereocenters. The quantitative estimate of drug-likeness (QED) is 0.322. The molecule has 3 N–H and O–H groups in total. The number of anilines is 1. The highest BCUT2D eigenvalue weighted by atomic mass is 127. The molecule has 0 spiro atoms. The van der Waals surface area contributed by atoms with E-state index in [-0.39, 0.29) is 17.3 Å². The predicted octanol–water partition coefficient (Wildman–Crippen LogP) is 4.61. The van der Waals surface area contributed by atoms with Crippen molar-refractivity contribution >= 4 is 80.1 Å². The number of aromatic carboxylic acids is 1. The minimum atomic E-state index is -1.08. The van der Waals surface area contributed by atoms with Crippen LogP contribution in [0.2, 0.25) is 0 Å². The average molecular weight is 624 g/mol. The van der Waals surface area contributed by atoms with Gasteiger partial charge in [-0.05, 0) is 93.1 Å². The highest BCUT2D eigenvalue weighted by Crippen LogP contribution is 2.26. The highest BCUT2D eigenvalue weighted by Gasteiger charge is 2.16. The number of halogens is 2. The van der Waals surface area contributed by atoms with Crippen LogP contribution in [0.5, 0.6) is 5.75 Å². The standard InChI is InChI=1S/C19H18I2N2O4S/c1-10(2)11-3-5-13(6-4-11)27-9-16(24)22-19(28)23-17-14(18(25)26)7-12(20)8-15(17)21/h3-8,10H,9H2,1-2H3,(H,25,26)(H2,22,23,24,28). The minimum Gasteiger partial charge on any atom is -0.484 e. The molecule has 2 rings (SSSR count). The Kier molecular flexibility index (Phi) is 8.43. The van der Waals surface area contributed by atoms with E-state index in [2.05, 4.69) is 24.5 Å². The summed E-state index contributed by atoms with van der Waals surface area (Å²) in [5, 5.41) is 14.7. The Balaban J connectivity index is 1.94. The number of rotatable bonds is 6. The fourth-order valence-corrected chi connectivity index (χ4v) is 4.47. The molecule has 2 aromatic carbocycles. The number of carboxylic acids is 1. The third-order valence-corrected chi connectivity index (χ3v) is 5.37. The summed E-state index contributed by atoms with van der Waals surface area (Å²) in [7, 11) is 0. The Morgan fingerprint density at radius 1 is 1.18 bits per heavy atom. The molecule has 148 valence electrons. The van der Waals surface area contributed by atoms with Crippen molar-refractivity contribution in [2.45, 2.75) is 19.8 Å². The van der Waals surface area contributed by atoms with E-state index in [1.807, 2.05) is 75.5 Å². The minimum absolute atomic E-state index is 0.00498. The van der Waals surface area contributed by atoms with Crippen molar-refractivity contribution < 1.29 is 19.4 Å². The Bertz CT molecular complexity index is 902. The largest absolute Gasteiger partial charge is 0.484 e. The fourth-order valence-electron chi connectivity index (χ4n) is 2.27. The van der Waals surface area contributed by atoms with E-state index in [1.54, 1.807) is 0 Å². The molecule has 6 nitrogen and oxygen atoms in total. The van der Waals surface area contributed by atoms with Crippen LogP contribution in [-0.4, -0.2) is 28.7 Å². The lowest BCUT2D eigenvalue weighted by molar-refractivity contribution is -0.121. The summed E-state index contributed by atoms with van der Waals surface area (Å²) in [6, 6.07) is 10.9. The molecule has 0 radical (unpaired) electrons. The van der Waals surface area contributed by atoms with Gasteiger partial charge < -0.3 is 15.2 Å². The van der Waals surface area contributed by atoms with Crippen molar-refractivity contribution in [3.05, 3.63) is 54.7 Å². The number of carbonyl (C=O) groups is 2. The molecule has 0 saturated heterocycles. The first-order chi connectivity index (χ1) is 13.2. The van der Waals surface area contributed by atoms with Crippen LogP contribution < -0.4 is 15.4 Å². The van der Waals surface area contributed by atoms with E-state index in [9.17, 15) is 14.7 Å². The first-order valence-corrected chi connectivity index (χ1v) is 10.8. The van der Waals surface area contributed by atoms with Crippen LogP contribution in [0.3, 0.4) is 0 Å². The molecule has 0 heterocycles. The molecule has 2 aromatic rings. The zero-order valence-electron chi connectivity index (χ0n) is 15.1. The van der Waals surface area contributed by atoms with E-state index in [0.29, 0.717) is 20.9 Å². The van der Waals surface area contributed by atoms with E-state index < -0.39 is 11.9 Å². The second-order valence-electron chi connectivity index (χ2n) is 6.13. The normalized spacial score (nSPS) is 10.5. The van der Waals surface area contributed by atoms with Gasteiger partial charge in [0, 0.05) is 7.14 Å². The van der Waals surface area contributed by atoms with Crippen LogP contribution in [0, 0.1) is 7.14 Å². The highest BCUT2D eigenvalue weighted by molar-refractivity contribution is 14.1. The zero-order valence-corrected chi connectivity index (χ0v) is 20.2. The van der Waals surface area contributed by atoms with Crippen molar-refractivity contribution in [2.75, 3.05) is 11.9 Å². The van der Waals surface area contributed by atoms with Gasteiger partial charge in [0.15, 0.2) is 11.7 Å². The van der Waals surface area contributed by atoms with E-state index in [0.717, 1.165) is 3.57 Å². The summed E-state index contributed by atoms with van der Waals surface area (Å²) >= 11 is 9.19. The van der Waals surface area contributed by atoms with Gasteiger partial charge >= 0.3 is 5.97 Å². The number of ether oxygens (including phenoxy) is 1. The molecular weight excluding hydrogens is 606 g/mol. The number of amides is 1. The van der Waals surface area contributed by atoms with Gasteiger partial charge in [0.1, 0.15) is 5.75 Å². The average Bonchev–Trinajstić information content (AvgIpc) is 2.62. The second kappa shape index (κ2) is 10.3. The van der Waals surface area contributed by atoms with Crippen LogP contribution in [0.15, 0.2) is 36.4 Å². The number of thiocarbonyl (C=S) groups is 1. The van der Waals surface area contributed by atoms with Gasteiger partial charge in [0.25, 0.3) is 5.91 Å². The third-order valence-electron chi connectivity index (χ3n) is 3.69. The van der Waals surface area contributed by atoms with Crippen molar-refractivity contribution in [3.63, 3.8) is 0 Å². The Morgan fingerprint density at radius 2 is 1.82 bits per heavy atom. The van der Waals surface area contributed by atoms with Gasteiger partial charge in [-0.2, -0.15) is 0 Å². The van der Waals surface area contributed by atoms with Crippen molar-refractivity contribution in [1.29, 1.82) is 0 Å². The maximum absolute atomic E-state index is 12.1. The molecule has 0 aliphatic carbocycles. The zero-order chi connectivity index (χ0) is 20.8. The maximum atomic E-state index is 12.1.